The molecule has 0 bridgehead atoms. The molecule has 1 aliphatic rings. The largest absolute Gasteiger partial charge is 0.482 e. The van der Waals surface area contributed by atoms with Crippen LogP contribution in [0.2, 0.25) is 5.02 Å². The number of carbonyl (C=O) groups excluding carboxylic acids is 4. The van der Waals surface area contributed by atoms with Gasteiger partial charge in [0.2, 0.25) is 0 Å². The molecule has 1 heterocycles. The summed E-state index contributed by atoms with van der Waals surface area (Å²) in [7, 11) is 0. The predicted octanol–water partition coefficient (Wildman–Crippen LogP) is 2.63. The van der Waals surface area contributed by atoms with E-state index in [1.165, 1.54) is 24.3 Å². The second-order valence-electron chi connectivity index (χ2n) is 5.88. The van der Waals surface area contributed by atoms with Crippen LogP contribution in [0.1, 0.15) is 5.56 Å². The SMILES string of the molecule is NC(=O)COc1ccc(C=C2C(=O)NC(=O)N(c3ccc(Br)cc3)C2=O)cc1Cl. The minimum Gasteiger partial charge on any atom is -0.482 e. The summed E-state index contributed by atoms with van der Waals surface area (Å²) < 4.78 is 5.92. The molecule has 29 heavy (non-hydrogen) atoms. The van der Waals surface area contributed by atoms with Crippen molar-refractivity contribution >= 4 is 63.0 Å². The molecule has 1 fully saturated rings. The van der Waals surface area contributed by atoms with Gasteiger partial charge in [0, 0.05) is 4.47 Å². The van der Waals surface area contributed by atoms with Crippen molar-refractivity contribution in [3.05, 3.63) is 63.1 Å². The van der Waals surface area contributed by atoms with Crippen molar-refractivity contribution in [1.29, 1.82) is 0 Å². The summed E-state index contributed by atoms with van der Waals surface area (Å²) in [5.74, 6) is -2.03. The molecular formula is C19H13BrClN3O5. The van der Waals surface area contributed by atoms with E-state index in [0.29, 0.717) is 11.3 Å². The van der Waals surface area contributed by atoms with Crippen LogP contribution in [0.5, 0.6) is 5.75 Å². The van der Waals surface area contributed by atoms with Gasteiger partial charge in [-0.3, -0.25) is 19.7 Å². The third kappa shape index (κ3) is 4.64. The van der Waals surface area contributed by atoms with Crippen molar-refractivity contribution in [1.82, 2.24) is 5.32 Å². The van der Waals surface area contributed by atoms with Gasteiger partial charge in [-0.2, -0.15) is 0 Å². The topological polar surface area (TPSA) is 119 Å². The Hall–Kier alpha value is -3.17. The van der Waals surface area contributed by atoms with Crippen molar-refractivity contribution in [2.45, 2.75) is 0 Å². The monoisotopic (exact) mass is 477 g/mol. The molecule has 0 saturated carbocycles. The highest BCUT2D eigenvalue weighted by atomic mass is 79.9. The lowest BCUT2D eigenvalue weighted by molar-refractivity contribution is -0.123. The molecule has 0 spiro atoms. The van der Waals surface area contributed by atoms with Gasteiger partial charge >= 0.3 is 6.03 Å². The van der Waals surface area contributed by atoms with Crippen LogP contribution < -0.4 is 20.7 Å². The Kier molecular flexibility index (Phi) is 6.00. The number of imide groups is 2. The fourth-order valence-electron chi connectivity index (χ4n) is 2.52. The number of amides is 5. The molecule has 5 amide bonds. The van der Waals surface area contributed by atoms with Crippen molar-refractivity contribution in [2.24, 2.45) is 5.73 Å². The van der Waals surface area contributed by atoms with Crippen molar-refractivity contribution in [2.75, 3.05) is 11.5 Å². The van der Waals surface area contributed by atoms with Gasteiger partial charge in [-0.15, -0.1) is 0 Å². The average molecular weight is 479 g/mol. The van der Waals surface area contributed by atoms with E-state index >= 15 is 0 Å². The lowest BCUT2D eigenvalue weighted by Gasteiger charge is -2.26. The summed E-state index contributed by atoms with van der Waals surface area (Å²) in [6.45, 7) is -0.342. The highest BCUT2D eigenvalue weighted by Crippen LogP contribution is 2.28. The zero-order valence-electron chi connectivity index (χ0n) is 14.6. The van der Waals surface area contributed by atoms with Crippen molar-refractivity contribution < 1.29 is 23.9 Å². The van der Waals surface area contributed by atoms with Crippen LogP contribution in [-0.4, -0.2) is 30.4 Å². The fourth-order valence-corrected chi connectivity index (χ4v) is 3.03. The number of urea groups is 1. The van der Waals surface area contributed by atoms with E-state index in [1.807, 2.05) is 0 Å². The lowest BCUT2D eigenvalue weighted by Crippen LogP contribution is -2.54. The summed E-state index contributed by atoms with van der Waals surface area (Å²) in [6, 6.07) is 10.1. The summed E-state index contributed by atoms with van der Waals surface area (Å²) in [6.07, 6.45) is 1.31. The number of benzene rings is 2. The zero-order valence-corrected chi connectivity index (χ0v) is 17.0. The summed E-state index contributed by atoms with van der Waals surface area (Å²) in [5.41, 5.74) is 5.51. The van der Waals surface area contributed by atoms with E-state index in [2.05, 4.69) is 21.2 Å². The van der Waals surface area contributed by atoms with Crippen molar-refractivity contribution in [3.63, 3.8) is 0 Å². The molecule has 0 unspecified atom stereocenters. The number of carbonyl (C=O) groups is 4. The molecule has 3 N–H and O–H groups in total. The Labute approximate surface area is 178 Å². The Morgan fingerprint density at radius 3 is 2.48 bits per heavy atom. The third-order valence-electron chi connectivity index (χ3n) is 3.82. The van der Waals surface area contributed by atoms with Gasteiger partial charge in [-0.1, -0.05) is 33.6 Å². The van der Waals surface area contributed by atoms with Crippen LogP contribution in [0.4, 0.5) is 10.5 Å². The molecular weight excluding hydrogens is 466 g/mol. The molecule has 10 heteroatoms. The molecule has 0 aliphatic carbocycles. The molecule has 1 aliphatic heterocycles. The summed E-state index contributed by atoms with van der Waals surface area (Å²) in [5, 5.41) is 2.30. The Morgan fingerprint density at radius 1 is 1.17 bits per heavy atom. The van der Waals surface area contributed by atoms with Gasteiger partial charge in [-0.05, 0) is 48.0 Å². The van der Waals surface area contributed by atoms with Crippen LogP contribution in [0.15, 0.2) is 52.5 Å². The second-order valence-corrected chi connectivity index (χ2v) is 7.20. The molecule has 148 valence electrons. The van der Waals surface area contributed by atoms with E-state index in [1.54, 1.807) is 24.3 Å². The highest BCUT2D eigenvalue weighted by molar-refractivity contribution is 9.10. The predicted molar refractivity (Wildman–Crippen MR) is 109 cm³/mol. The van der Waals surface area contributed by atoms with Gasteiger partial charge in [0.15, 0.2) is 6.61 Å². The first-order valence-corrected chi connectivity index (χ1v) is 9.31. The van der Waals surface area contributed by atoms with E-state index in [4.69, 9.17) is 22.1 Å². The maximum Gasteiger partial charge on any atom is 0.335 e. The number of nitrogens with two attached hydrogens (primary N) is 1. The standard InChI is InChI=1S/C19H13BrClN3O5/c20-11-2-4-12(5-3-11)24-18(27)13(17(26)23-19(24)28)7-10-1-6-15(14(21)8-10)29-9-16(22)25/h1-8H,9H2,(H2,22,25)(H,23,26,28). The zero-order chi connectivity index (χ0) is 21.1. The number of anilines is 1. The number of hydrogen-bond donors (Lipinski definition) is 2. The number of hydrogen-bond acceptors (Lipinski definition) is 5. The van der Waals surface area contributed by atoms with Crippen LogP contribution in [0.25, 0.3) is 6.08 Å². The summed E-state index contributed by atoms with van der Waals surface area (Å²) in [4.78, 5) is 48.9. The van der Waals surface area contributed by atoms with E-state index in [-0.39, 0.29) is 23.0 Å². The second kappa shape index (κ2) is 8.46. The number of primary amides is 1. The maximum atomic E-state index is 12.8. The fraction of sp³-hybridized carbons (Fsp3) is 0.0526. The van der Waals surface area contributed by atoms with Crippen LogP contribution >= 0.6 is 27.5 Å². The molecule has 0 radical (unpaired) electrons. The number of halogens is 2. The number of nitrogens with zero attached hydrogens (tertiary/aromatic N) is 1. The smallest absolute Gasteiger partial charge is 0.335 e. The Morgan fingerprint density at radius 2 is 1.86 bits per heavy atom. The van der Waals surface area contributed by atoms with Crippen LogP contribution in [-0.2, 0) is 14.4 Å². The molecule has 1 saturated heterocycles. The third-order valence-corrected chi connectivity index (χ3v) is 4.65. The first kappa shape index (κ1) is 20.6. The van der Waals surface area contributed by atoms with Gasteiger partial charge < -0.3 is 10.5 Å². The number of ether oxygens (including phenoxy) is 1. The first-order chi connectivity index (χ1) is 13.8. The molecule has 8 nitrogen and oxygen atoms in total. The van der Waals surface area contributed by atoms with E-state index < -0.39 is 23.8 Å². The summed E-state index contributed by atoms with van der Waals surface area (Å²) >= 11 is 9.38. The van der Waals surface area contributed by atoms with Crippen LogP contribution in [0, 0.1) is 0 Å². The Bertz CT molecular complexity index is 1050. The van der Waals surface area contributed by atoms with Gasteiger partial charge in [0.05, 0.1) is 10.7 Å². The van der Waals surface area contributed by atoms with Gasteiger partial charge in [0.1, 0.15) is 11.3 Å². The van der Waals surface area contributed by atoms with E-state index in [9.17, 15) is 19.2 Å². The highest BCUT2D eigenvalue weighted by Gasteiger charge is 2.36. The normalized spacial score (nSPS) is 15.4. The quantitative estimate of drug-likeness (QED) is 0.506. The molecule has 3 rings (SSSR count). The number of rotatable bonds is 5. The minimum absolute atomic E-state index is 0.158. The van der Waals surface area contributed by atoms with Gasteiger partial charge in [0.25, 0.3) is 17.7 Å². The van der Waals surface area contributed by atoms with Crippen molar-refractivity contribution in [3.8, 4) is 5.75 Å². The van der Waals surface area contributed by atoms with E-state index in [0.717, 1.165) is 9.37 Å². The van der Waals surface area contributed by atoms with Crippen LogP contribution in [0.3, 0.4) is 0 Å². The Balaban J connectivity index is 1.91. The molecule has 0 atom stereocenters. The van der Waals surface area contributed by atoms with Gasteiger partial charge in [-0.25, -0.2) is 9.69 Å². The number of nitrogens with one attached hydrogen (secondary N) is 1. The molecule has 2 aromatic carbocycles. The maximum absolute atomic E-state index is 12.8. The minimum atomic E-state index is -0.840. The average Bonchev–Trinajstić information content (AvgIpc) is 2.65. The molecule has 0 aromatic heterocycles. The number of barbiturate groups is 1. The first-order valence-electron chi connectivity index (χ1n) is 8.14. The molecule has 2 aromatic rings. The lowest BCUT2D eigenvalue weighted by atomic mass is 10.1.